The summed E-state index contributed by atoms with van der Waals surface area (Å²) in [5.74, 6) is -0.651. The van der Waals surface area contributed by atoms with Gasteiger partial charge in [0.2, 0.25) is 0 Å². The van der Waals surface area contributed by atoms with Crippen LogP contribution in [0, 0.1) is 0 Å². The van der Waals surface area contributed by atoms with Gasteiger partial charge in [0.05, 0.1) is 23.9 Å². The van der Waals surface area contributed by atoms with Crippen LogP contribution in [0.5, 0.6) is 0 Å². The number of esters is 1. The van der Waals surface area contributed by atoms with E-state index in [2.05, 4.69) is 16.8 Å². The maximum atomic E-state index is 13.3. The Kier molecular flexibility index (Phi) is 6.52. The van der Waals surface area contributed by atoms with Gasteiger partial charge in [-0.25, -0.2) is 4.79 Å². The standard InChI is InChI=1S/C26H26F3N3O2/c1-31-10-12-32(13-11-31)21-8-6-17(7-9-21)22-15-19(16-23(24(22)30)25(33)34-2)18-4-3-5-20(14-18)26(27,28)29/h3-9,14-16H,10-13,30H2,1-2H3. The number of nitrogens with two attached hydrogens (primary N) is 1. The molecule has 0 spiro atoms. The van der Waals surface area contributed by atoms with Gasteiger partial charge >= 0.3 is 12.1 Å². The van der Waals surface area contributed by atoms with E-state index in [9.17, 15) is 18.0 Å². The Morgan fingerprint density at radius 1 is 0.912 bits per heavy atom. The molecular formula is C26H26F3N3O2. The number of nitrogen functional groups attached to an aromatic ring is 1. The summed E-state index contributed by atoms with van der Waals surface area (Å²) in [4.78, 5) is 17.0. The van der Waals surface area contributed by atoms with Crippen LogP contribution >= 0.6 is 0 Å². The van der Waals surface area contributed by atoms with E-state index in [-0.39, 0.29) is 11.3 Å². The van der Waals surface area contributed by atoms with Gasteiger partial charge in [-0.05, 0) is 60.1 Å². The number of halogens is 3. The number of nitrogens with zero attached hydrogens (tertiary/aromatic N) is 2. The van der Waals surface area contributed by atoms with E-state index in [1.54, 1.807) is 12.1 Å². The fraction of sp³-hybridized carbons (Fsp3) is 0.269. The topological polar surface area (TPSA) is 58.8 Å². The number of alkyl halides is 3. The van der Waals surface area contributed by atoms with Crippen LogP contribution in [0.4, 0.5) is 24.5 Å². The molecule has 1 saturated heterocycles. The molecule has 1 aliphatic rings. The number of hydrogen-bond acceptors (Lipinski definition) is 5. The minimum absolute atomic E-state index is 0.107. The molecule has 0 aromatic heterocycles. The molecule has 34 heavy (non-hydrogen) atoms. The molecule has 0 amide bonds. The van der Waals surface area contributed by atoms with Crippen molar-refractivity contribution in [3.8, 4) is 22.3 Å². The number of anilines is 2. The van der Waals surface area contributed by atoms with Crippen molar-refractivity contribution < 1.29 is 22.7 Å². The van der Waals surface area contributed by atoms with Crippen LogP contribution in [-0.2, 0) is 10.9 Å². The van der Waals surface area contributed by atoms with Gasteiger partial charge in [0.1, 0.15) is 0 Å². The van der Waals surface area contributed by atoms with Crippen molar-refractivity contribution in [1.29, 1.82) is 0 Å². The third-order valence-corrected chi connectivity index (χ3v) is 6.16. The van der Waals surface area contributed by atoms with Crippen LogP contribution < -0.4 is 10.6 Å². The Morgan fingerprint density at radius 2 is 1.59 bits per heavy atom. The zero-order valence-corrected chi connectivity index (χ0v) is 19.0. The predicted octanol–water partition coefficient (Wildman–Crippen LogP) is 5.16. The van der Waals surface area contributed by atoms with Crippen LogP contribution in [0.1, 0.15) is 15.9 Å². The van der Waals surface area contributed by atoms with E-state index >= 15 is 0 Å². The molecule has 1 aliphatic heterocycles. The van der Waals surface area contributed by atoms with E-state index in [0.717, 1.165) is 49.6 Å². The van der Waals surface area contributed by atoms with Crippen LogP contribution in [-0.4, -0.2) is 51.2 Å². The number of ether oxygens (including phenoxy) is 1. The van der Waals surface area contributed by atoms with E-state index in [0.29, 0.717) is 16.7 Å². The van der Waals surface area contributed by atoms with Gasteiger partial charge in [0.25, 0.3) is 0 Å². The SMILES string of the molecule is COC(=O)c1cc(-c2cccc(C(F)(F)F)c2)cc(-c2ccc(N3CCN(C)CC3)cc2)c1N. The number of rotatable bonds is 4. The molecule has 0 radical (unpaired) electrons. The van der Waals surface area contributed by atoms with Crippen molar-refractivity contribution in [3.05, 3.63) is 71.8 Å². The second-order valence-electron chi connectivity index (χ2n) is 8.39. The molecule has 0 aliphatic carbocycles. The molecule has 8 heteroatoms. The van der Waals surface area contributed by atoms with Crippen LogP contribution in [0.25, 0.3) is 22.3 Å². The number of methoxy groups -OCH3 is 1. The van der Waals surface area contributed by atoms with Crippen molar-refractivity contribution in [1.82, 2.24) is 4.90 Å². The zero-order chi connectivity index (χ0) is 24.5. The third kappa shape index (κ3) is 4.87. The summed E-state index contributed by atoms with van der Waals surface area (Å²) in [7, 11) is 3.34. The number of hydrogen-bond donors (Lipinski definition) is 1. The summed E-state index contributed by atoms with van der Waals surface area (Å²) in [6.45, 7) is 3.82. The third-order valence-electron chi connectivity index (χ3n) is 6.16. The highest BCUT2D eigenvalue weighted by molar-refractivity contribution is 6.01. The highest BCUT2D eigenvalue weighted by Crippen LogP contribution is 2.37. The molecule has 1 heterocycles. The molecule has 3 aromatic carbocycles. The first kappa shape index (κ1) is 23.6. The van der Waals surface area contributed by atoms with Crippen molar-refractivity contribution in [2.24, 2.45) is 0 Å². The average Bonchev–Trinajstić information content (AvgIpc) is 2.84. The number of carbonyl (C=O) groups is 1. The summed E-state index contributed by atoms with van der Waals surface area (Å²) in [6.07, 6.45) is -4.48. The molecule has 0 bridgehead atoms. The molecule has 2 N–H and O–H groups in total. The molecular weight excluding hydrogens is 443 g/mol. The Bertz CT molecular complexity index is 1180. The second-order valence-corrected chi connectivity index (χ2v) is 8.39. The molecule has 0 saturated carbocycles. The summed E-state index contributed by atoms with van der Waals surface area (Å²) in [5.41, 5.74) is 9.07. The van der Waals surface area contributed by atoms with E-state index < -0.39 is 17.7 Å². The highest BCUT2D eigenvalue weighted by atomic mass is 19.4. The largest absolute Gasteiger partial charge is 0.465 e. The minimum atomic E-state index is -4.48. The number of carbonyl (C=O) groups excluding carboxylic acids is 1. The smallest absolute Gasteiger partial charge is 0.416 e. The van der Waals surface area contributed by atoms with Crippen molar-refractivity contribution in [2.45, 2.75) is 6.18 Å². The van der Waals surface area contributed by atoms with E-state index in [1.807, 2.05) is 24.3 Å². The Labute approximate surface area is 196 Å². The molecule has 178 valence electrons. The van der Waals surface area contributed by atoms with E-state index in [4.69, 9.17) is 10.5 Å². The average molecular weight is 470 g/mol. The predicted molar refractivity (Wildman–Crippen MR) is 128 cm³/mol. The fourth-order valence-corrected chi connectivity index (χ4v) is 4.13. The zero-order valence-electron chi connectivity index (χ0n) is 19.0. The minimum Gasteiger partial charge on any atom is -0.465 e. The van der Waals surface area contributed by atoms with Crippen molar-refractivity contribution in [3.63, 3.8) is 0 Å². The lowest BCUT2D eigenvalue weighted by Gasteiger charge is -2.34. The van der Waals surface area contributed by atoms with Gasteiger partial charge in [-0.3, -0.25) is 0 Å². The first-order chi connectivity index (χ1) is 16.2. The molecule has 0 unspecified atom stereocenters. The van der Waals surface area contributed by atoms with Gasteiger partial charge in [-0.15, -0.1) is 0 Å². The molecule has 4 rings (SSSR count). The molecule has 1 fully saturated rings. The van der Waals surface area contributed by atoms with Crippen LogP contribution in [0.15, 0.2) is 60.7 Å². The number of benzene rings is 3. The van der Waals surface area contributed by atoms with Gasteiger partial charge < -0.3 is 20.3 Å². The first-order valence-corrected chi connectivity index (χ1v) is 10.9. The van der Waals surface area contributed by atoms with Crippen LogP contribution in [0.2, 0.25) is 0 Å². The van der Waals surface area contributed by atoms with Gasteiger partial charge in [0.15, 0.2) is 0 Å². The normalized spacial score (nSPS) is 14.8. The van der Waals surface area contributed by atoms with Gasteiger partial charge in [-0.2, -0.15) is 13.2 Å². The quantitative estimate of drug-likeness (QED) is 0.423. The summed E-state index contributed by atoms with van der Waals surface area (Å²) >= 11 is 0. The number of likely N-dealkylation sites (N-methyl/N-ethyl adjacent to an activating group) is 1. The van der Waals surface area contributed by atoms with E-state index in [1.165, 1.54) is 19.2 Å². The Morgan fingerprint density at radius 3 is 2.21 bits per heavy atom. The Balaban J connectivity index is 1.76. The lowest BCUT2D eigenvalue weighted by Crippen LogP contribution is -2.44. The lowest BCUT2D eigenvalue weighted by atomic mass is 9.93. The summed E-state index contributed by atoms with van der Waals surface area (Å²) in [5, 5.41) is 0. The monoisotopic (exact) mass is 469 g/mol. The highest BCUT2D eigenvalue weighted by Gasteiger charge is 2.30. The molecule has 0 atom stereocenters. The maximum absolute atomic E-state index is 13.3. The van der Waals surface area contributed by atoms with Gasteiger partial charge in [0, 0.05) is 37.4 Å². The molecule has 3 aromatic rings. The summed E-state index contributed by atoms with van der Waals surface area (Å²) in [6, 6.07) is 16.0. The second kappa shape index (κ2) is 9.38. The first-order valence-electron chi connectivity index (χ1n) is 10.9. The van der Waals surface area contributed by atoms with Crippen LogP contribution in [0.3, 0.4) is 0 Å². The van der Waals surface area contributed by atoms with Crippen molar-refractivity contribution in [2.75, 3.05) is 51.0 Å². The summed E-state index contributed by atoms with van der Waals surface area (Å²) < 4.78 is 44.7. The van der Waals surface area contributed by atoms with Crippen molar-refractivity contribution >= 4 is 17.3 Å². The lowest BCUT2D eigenvalue weighted by molar-refractivity contribution is -0.137. The van der Waals surface area contributed by atoms with Gasteiger partial charge in [-0.1, -0.05) is 24.3 Å². The molecule has 5 nitrogen and oxygen atoms in total. The maximum Gasteiger partial charge on any atom is 0.416 e. The Hall–Kier alpha value is -3.52. The number of piperazine rings is 1. The fourth-order valence-electron chi connectivity index (χ4n) is 4.13.